The van der Waals surface area contributed by atoms with Gasteiger partial charge in [0, 0.05) is 34.9 Å². The maximum atomic E-state index is 13.2. The first-order valence-electron chi connectivity index (χ1n) is 8.07. The van der Waals surface area contributed by atoms with Gasteiger partial charge in [0.2, 0.25) is 0 Å². The molecule has 0 aliphatic carbocycles. The zero-order chi connectivity index (χ0) is 18.4. The number of pyridine rings is 1. The molecule has 134 valence electrons. The lowest BCUT2D eigenvalue weighted by molar-refractivity contribution is 0.302. The van der Waals surface area contributed by atoms with Crippen molar-refractivity contribution >= 4 is 27.5 Å². The largest absolute Gasteiger partial charge is 0.489 e. The number of nitrogens with one attached hydrogen (secondary N) is 1. The summed E-state index contributed by atoms with van der Waals surface area (Å²) in [5.74, 6) is 0.393. The summed E-state index contributed by atoms with van der Waals surface area (Å²) in [6, 6.07) is 16.0. The van der Waals surface area contributed by atoms with Gasteiger partial charge in [0.1, 0.15) is 18.2 Å². The average Bonchev–Trinajstić information content (AvgIpc) is 2.63. The third-order valence-electron chi connectivity index (χ3n) is 3.77. The first-order valence-corrected chi connectivity index (χ1v) is 9.25. The van der Waals surface area contributed by atoms with Crippen LogP contribution >= 0.6 is 27.5 Å². The van der Waals surface area contributed by atoms with E-state index in [1.54, 1.807) is 12.3 Å². The summed E-state index contributed by atoms with van der Waals surface area (Å²) >= 11 is 9.56. The van der Waals surface area contributed by atoms with Crippen molar-refractivity contribution < 1.29 is 9.13 Å². The van der Waals surface area contributed by atoms with Gasteiger partial charge in [-0.1, -0.05) is 39.7 Å². The molecule has 0 bridgehead atoms. The van der Waals surface area contributed by atoms with E-state index in [1.165, 1.54) is 12.1 Å². The molecule has 0 saturated carbocycles. The van der Waals surface area contributed by atoms with Crippen LogP contribution in [0.15, 0.2) is 65.3 Å². The highest BCUT2D eigenvalue weighted by Gasteiger charge is 2.08. The van der Waals surface area contributed by atoms with E-state index in [2.05, 4.69) is 26.2 Å². The van der Waals surface area contributed by atoms with Gasteiger partial charge in [0.05, 0.1) is 10.7 Å². The Balaban J connectivity index is 1.65. The van der Waals surface area contributed by atoms with Gasteiger partial charge in [0.15, 0.2) is 0 Å². The van der Waals surface area contributed by atoms with Crippen molar-refractivity contribution in [3.63, 3.8) is 0 Å². The number of benzene rings is 2. The summed E-state index contributed by atoms with van der Waals surface area (Å²) < 4.78 is 20.0. The van der Waals surface area contributed by atoms with Crippen LogP contribution in [0.3, 0.4) is 0 Å². The van der Waals surface area contributed by atoms with Gasteiger partial charge in [-0.15, -0.1) is 0 Å². The number of ether oxygens (including phenoxy) is 1. The second-order valence-corrected chi connectivity index (χ2v) is 7.02. The quantitative estimate of drug-likeness (QED) is 0.532. The molecule has 26 heavy (non-hydrogen) atoms. The van der Waals surface area contributed by atoms with Crippen LogP contribution in [0.4, 0.5) is 4.39 Å². The summed E-state index contributed by atoms with van der Waals surface area (Å²) in [7, 11) is 0. The highest BCUT2D eigenvalue weighted by Crippen LogP contribution is 2.26. The summed E-state index contributed by atoms with van der Waals surface area (Å²) in [6.45, 7) is 1.56. The average molecular weight is 436 g/mol. The van der Waals surface area contributed by atoms with E-state index in [-0.39, 0.29) is 12.4 Å². The van der Waals surface area contributed by atoms with Crippen LogP contribution in [0.5, 0.6) is 5.75 Å². The molecule has 0 spiro atoms. The molecule has 1 N–H and O–H groups in total. The summed E-state index contributed by atoms with van der Waals surface area (Å²) in [4.78, 5) is 4.29. The first kappa shape index (κ1) is 18.8. The Bertz CT molecular complexity index is 877. The highest BCUT2D eigenvalue weighted by molar-refractivity contribution is 9.10. The van der Waals surface area contributed by atoms with Crippen LogP contribution < -0.4 is 10.1 Å². The second kappa shape index (κ2) is 9.12. The summed E-state index contributed by atoms with van der Waals surface area (Å²) in [5, 5.41) is 3.72. The van der Waals surface area contributed by atoms with Crippen molar-refractivity contribution in [3.8, 4) is 5.75 Å². The molecule has 3 aromatic rings. The molecule has 0 unspecified atom stereocenters. The molecule has 0 radical (unpaired) electrons. The minimum Gasteiger partial charge on any atom is -0.489 e. The van der Waals surface area contributed by atoms with Crippen LogP contribution in [0.1, 0.15) is 16.8 Å². The van der Waals surface area contributed by atoms with E-state index < -0.39 is 0 Å². The molecule has 3 rings (SSSR count). The molecule has 0 atom stereocenters. The Hall–Kier alpha value is -1.95. The van der Waals surface area contributed by atoms with Gasteiger partial charge >= 0.3 is 0 Å². The Kier molecular flexibility index (Phi) is 6.61. The van der Waals surface area contributed by atoms with E-state index in [1.807, 2.05) is 36.4 Å². The van der Waals surface area contributed by atoms with Gasteiger partial charge in [0.25, 0.3) is 0 Å². The van der Waals surface area contributed by atoms with Gasteiger partial charge in [-0.05, 0) is 42.5 Å². The number of rotatable bonds is 7. The molecule has 1 aromatic heterocycles. The molecular formula is C20H17BrClFN2O. The zero-order valence-corrected chi connectivity index (χ0v) is 16.2. The van der Waals surface area contributed by atoms with Crippen LogP contribution in [0, 0.1) is 5.82 Å². The second-order valence-electron chi connectivity index (χ2n) is 5.70. The lowest BCUT2D eigenvalue weighted by atomic mass is 10.2. The predicted molar refractivity (Wildman–Crippen MR) is 105 cm³/mol. The van der Waals surface area contributed by atoms with Gasteiger partial charge in [-0.3, -0.25) is 4.98 Å². The standard InChI is InChI=1S/C20H17BrClFN2O/c21-16-5-7-20(26-13-14-4-6-17(23)10-19(14)22)15(9-16)11-24-12-18-3-1-2-8-25-18/h1-10,24H,11-13H2. The Morgan fingerprint density at radius 3 is 2.69 bits per heavy atom. The number of hydrogen-bond donors (Lipinski definition) is 1. The number of halogens is 3. The van der Waals surface area contributed by atoms with Crippen LogP contribution in [-0.4, -0.2) is 4.98 Å². The SMILES string of the molecule is Fc1ccc(COc2ccc(Br)cc2CNCc2ccccn2)c(Cl)c1. The molecule has 0 aliphatic rings. The molecule has 3 nitrogen and oxygen atoms in total. The van der Waals surface area contributed by atoms with Crippen LogP contribution in [-0.2, 0) is 19.7 Å². The van der Waals surface area contributed by atoms with Crippen molar-refractivity contribution in [1.82, 2.24) is 10.3 Å². The van der Waals surface area contributed by atoms with E-state index >= 15 is 0 Å². The van der Waals surface area contributed by atoms with Crippen molar-refractivity contribution in [2.45, 2.75) is 19.7 Å². The fourth-order valence-electron chi connectivity index (χ4n) is 2.45. The van der Waals surface area contributed by atoms with Crippen LogP contribution in [0.25, 0.3) is 0 Å². The Labute approximate surface area is 165 Å². The number of aromatic nitrogens is 1. The number of hydrogen-bond acceptors (Lipinski definition) is 3. The molecule has 1 heterocycles. The normalized spacial score (nSPS) is 10.7. The van der Waals surface area contributed by atoms with E-state index in [4.69, 9.17) is 16.3 Å². The van der Waals surface area contributed by atoms with Crippen molar-refractivity contribution in [1.29, 1.82) is 0 Å². The molecule has 0 fully saturated rings. The molecule has 2 aromatic carbocycles. The highest BCUT2D eigenvalue weighted by atomic mass is 79.9. The monoisotopic (exact) mass is 434 g/mol. The smallest absolute Gasteiger partial charge is 0.124 e. The Morgan fingerprint density at radius 1 is 1.04 bits per heavy atom. The minimum absolute atomic E-state index is 0.272. The third-order valence-corrected chi connectivity index (χ3v) is 4.61. The summed E-state index contributed by atoms with van der Waals surface area (Å²) in [5.41, 5.74) is 2.72. The maximum absolute atomic E-state index is 13.2. The van der Waals surface area contributed by atoms with Gasteiger partial charge in [-0.2, -0.15) is 0 Å². The first-order chi connectivity index (χ1) is 12.6. The maximum Gasteiger partial charge on any atom is 0.124 e. The fraction of sp³-hybridized carbons (Fsp3) is 0.150. The van der Waals surface area contributed by atoms with E-state index in [9.17, 15) is 4.39 Å². The molecule has 0 aliphatic heterocycles. The fourth-order valence-corrected chi connectivity index (χ4v) is 3.08. The van der Waals surface area contributed by atoms with Gasteiger partial charge < -0.3 is 10.1 Å². The van der Waals surface area contributed by atoms with Crippen molar-refractivity contribution in [2.75, 3.05) is 0 Å². The lowest BCUT2D eigenvalue weighted by Gasteiger charge is -2.13. The van der Waals surface area contributed by atoms with Gasteiger partial charge in [-0.25, -0.2) is 4.39 Å². The van der Waals surface area contributed by atoms with Crippen LogP contribution in [0.2, 0.25) is 5.02 Å². The summed E-state index contributed by atoms with van der Waals surface area (Å²) in [6.07, 6.45) is 1.77. The van der Waals surface area contributed by atoms with E-state index in [0.717, 1.165) is 27.0 Å². The zero-order valence-electron chi connectivity index (χ0n) is 13.9. The molecule has 0 saturated heterocycles. The predicted octanol–water partition coefficient (Wildman–Crippen LogP) is 5.51. The Morgan fingerprint density at radius 2 is 1.92 bits per heavy atom. The molecule has 0 amide bonds. The van der Waals surface area contributed by atoms with Crippen molar-refractivity contribution in [3.05, 3.63) is 92.9 Å². The molecule has 6 heteroatoms. The topological polar surface area (TPSA) is 34.1 Å². The lowest BCUT2D eigenvalue weighted by Crippen LogP contribution is -2.14. The third kappa shape index (κ3) is 5.27. The minimum atomic E-state index is -0.359. The van der Waals surface area contributed by atoms with Crippen molar-refractivity contribution in [2.24, 2.45) is 0 Å². The van der Waals surface area contributed by atoms with E-state index in [0.29, 0.717) is 18.1 Å². The number of nitrogens with zero attached hydrogens (tertiary/aromatic N) is 1. The molecular weight excluding hydrogens is 419 g/mol.